The summed E-state index contributed by atoms with van der Waals surface area (Å²) >= 11 is 1.65. The first-order valence-corrected chi connectivity index (χ1v) is 6.40. The molecule has 1 N–H and O–H groups in total. The summed E-state index contributed by atoms with van der Waals surface area (Å²) in [6, 6.07) is 7.89. The topological polar surface area (TPSA) is 37.5 Å². The van der Waals surface area contributed by atoms with Gasteiger partial charge >= 0.3 is 0 Å². The summed E-state index contributed by atoms with van der Waals surface area (Å²) < 4.78 is 1.78. The van der Waals surface area contributed by atoms with Crippen LogP contribution in [0.1, 0.15) is 17.2 Å². The lowest BCUT2D eigenvalue weighted by Crippen LogP contribution is -2.00. The summed E-state index contributed by atoms with van der Waals surface area (Å²) in [5, 5.41) is 18.5. The molecular weight excluding hydrogens is 232 g/mol. The second-order valence-electron chi connectivity index (χ2n) is 3.98. The van der Waals surface area contributed by atoms with Crippen LogP contribution < -0.4 is 0 Å². The second kappa shape index (κ2) is 4.31. The average molecular weight is 244 g/mol. The molecule has 3 nitrogen and oxygen atoms in total. The average Bonchev–Trinajstić information content (AvgIpc) is 2.96. The van der Waals surface area contributed by atoms with Gasteiger partial charge in [-0.2, -0.15) is 16.4 Å². The number of thiophene rings is 1. The standard InChI is InChI=1S/C13H12N2OS/c16-13(7-10-4-6-17-9-10)11-8-14-15-5-2-1-3-12(11)15/h1-6,8-9,13,16H,7H2. The maximum Gasteiger partial charge on any atom is 0.0867 e. The van der Waals surface area contributed by atoms with Crippen LogP contribution in [0.4, 0.5) is 0 Å². The maximum atomic E-state index is 10.2. The number of fused-ring (bicyclic) bond motifs is 1. The van der Waals surface area contributed by atoms with Gasteiger partial charge in [-0.3, -0.25) is 0 Å². The zero-order valence-electron chi connectivity index (χ0n) is 9.15. The molecule has 0 aliphatic heterocycles. The highest BCUT2D eigenvalue weighted by atomic mass is 32.1. The Balaban J connectivity index is 1.93. The van der Waals surface area contributed by atoms with Gasteiger partial charge < -0.3 is 5.11 Å². The Hall–Kier alpha value is -1.65. The third kappa shape index (κ3) is 1.97. The van der Waals surface area contributed by atoms with E-state index in [-0.39, 0.29) is 0 Å². The van der Waals surface area contributed by atoms with Crippen LogP contribution in [0.25, 0.3) is 5.52 Å². The Bertz CT molecular complexity index is 615. The Morgan fingerprint density at radius 1 is 1.35 bits per heavy atom. The summed E-state index contributed by atoms with van der Waals surface area (Å²) in [6.07, 6.45) is 3.77. The number of aromatic nitrogens is 2. The fourth-order valence-electron chi connectivity index (χ4n) is 1.95. The van der Waals surface area contributed by atoms with E-state index in [2.05, 4.69) is 10.5 Å². The maximum absolute atomic E-state index is 10.2. The fourth-order valence-corrected chi connectivity index (χ4v) is 2.63. The van der Waals surface area contributed by atoms with E-state index in [1.807, 2.05) is 35.8 Å². The summed E-state index contributed by atoms with van der Waals surface area (Å²) in [5.74, 6) is 0. The van der Waals surface area contributed by atoms with Crippen molar-refractivity contribution in [3.8, 4) is 0 Å². The van der Waals surface area contributed by atoms with Gasteiger partial charge in [-0.25, -0.2) is 4.52 Å². The van der Waals surface area contributed by atoms with Crippen molar-refractivity contribution in [3.63, 3.8) is 0 Å². The van der Waals surface area contributed by atoms with E-state index in [0.29, 0.717) is 6.42 Å². The normalized spacial score (nSPS) is 13.0. The molecule has 0 aliphatic rings. The summed E-state index contributed by atoms with van der Waals surface area (Å²) in [5.41, 5.74) is 3.02. The number of aliphatic hydroxyl groups excluding tert-OH is 1. The van der Waals surface area contributed by atoms with Gasteiger partial charge in [0.1, 0.15) is 0 Å². The molecule has 86 valence electrons. The molecule has 3 aromatic heterocycles. The summed E-state index contributed by atoms with van der Waals surface area (Å²) in [6.45, 7) is 0. The zero-order valence-corrected chi connectivity index (χ0v) is 9.97. The molecule has 0 bridgehead atoms. The molecule has 17 heavy (non-hydrogen) atoms. The van der Waals surface area contributed by atoms with Crippen LogP contribution >= 0.6 is 11.3 Å². The van der Waals surface area contributed by atoms with Crippen molar-refractivity contribution in [3.05, 3.63) is 58.5 Å². The van der Waals surface area contributed by atoms with Gasteiger partial charge in [0.2, 0.25) is 0 Å². The van der Waals surface area contributed by atoms with Crippen molar-refractivity contribution in [2.24, 2.45) is 0 Å². The van der Waals surface area contributed by atoms with E-state index < -0.39 is 6.10 Å². The molecule has 3 aromatic rings. The van der Waals surface area contributed by atoms with Gasteiger partial charge in [0, 0.05) is 18.2 Å². The first kappa shape index (κ1) is 10.5. The van der Waals surface area contributed by atoms with E-state index >= 15 is 0 Å². The predicted octanol–water partition coefficient (Wildman–Crippen LogP) is 2.67. The first-order chi connectivity index (χ1) is 8.34. The molecule has 1 unspecified atom stereocenters. The Labute approximate surface area is 103 Å². The Morgan fingerprint density at radius 3 is 3.12 bits per heavy atom. The van der Waals surface area contributed by atoms with Crippen molar-refractivity contribution in [1.82, 2.24) is 9.61 Å². The third-order valence-corrected chi connectivity index (χ3v) is 3.56. The van der Waals surface area contributed by atoms with Crippen molar-refractivity contribution in [2.45, 2.75) is 12.5 Å². The monoisotopic (exact) mass is 244 g/mol. The number of aliphatic hydroxyl groups is 1. The molecule has 0 saturated carbocycles. The van der Waals surface area contributed by atoms with Gasteiger partial charge in [-0.15, -0.1) is 0 Å². The lowest BCUT2D eigenvalue weighted by atomic mass is 10.1. The molecular formula is C13H12N2OS. The molecule has 0 aromatic carbocycles. The van der Waals surface area contributed by atoms with Crippen LogP contribution in [0.3, 0.4) is 0 Å². The van der Waals surface area contributed by atoms with Crippen molar-refractivity contribution in [2.75, 3.05) is 0 Å². The van der Waals surface area contributed by atoms with Gasteiger partial charge in [-0.05, 0) is 34.5 Å². The van der Waals surface area contributed by atoms with E-state index in [4.69, 9.17) is 0 Å². The molecule has 0 saturated heterocycles. The van der Waals surface area contributed by atoms with Crippen molar-refractivity contribution >= 4 is 16.9 Å². The molecule has 1 atom stereocenters. The van der Waals surface area contributed by atoms with E-state index in [1.165, 1.54) is 0 Å². The molecule has 0 spiro atoms. The summed E-state index contributed by atoms with van der Waals surface area (Å²) in [7, 11) is 0. The number of hydrogen-bond donors (Lipinski definition) is 1. The number of pyridine rings is 1. The van der Waals surface area contributed by atoms with Gasteiger partial charge in [-0.1, -0.05) is 6.07 Å². The van der Waals surface area contributed by atoms with Crippen molar-refractivity contribution in [1.29, 1.82) is 0 Å². The van der Waals surface area contributed by atoms with Gasteiger partial charge in [0.25, 0.3) is 0 Å². The Kier molecular flexibility index (Phi) is 2.66. The smallest absolute Gasteiger partial charge is 0.0867 e. The highest BCUT2D eigenvalue weighted by Gasteiger charge is 2.13. The predicted molar refractivity (Wildman–Crippen MR) is 68.2 cm³/mol. The molecule has 0 amide bonds. The highest BCUT2D eigenvalue weighted by Crippen LogP contribution is 2.23. The molecule has 3 rings (SSSR count). The minimum atomic E-state index is -0.496. The third-order valence-electron chi connectivity index (χ3n) is 2.82. The molecule has 0 radical (unpaired) electrons. The Morgan fingerprint density at radius 2 is 2.29 bits per heavy atom. The van der Waals surface area contributed by atoms with Crippen LogP contribution in [-0.4, -0.2) is 14.7 Å². The van der Waals surface area contributed by atoms with Crippen LogP contribution in [0.2, 0.25) is 0 Å². The minimum absolute atomic E-state index is 0.496. The van der Waals surface area contributed by atoms with Crippen LogP contribution in [0.15, 0.2) is 47.4 Å². The lowest BCUT2D eigenvalue weighted by molar-refractivity contribution is 0.180. The largest absolute Gasteiger partial charge is 0.388 e. The fraction of sp³-hybridized carbons (Fsp3) is 0.154. The van der Waals surface area contributed by atoms with Crippen molar-refractivity contribution < 1.29 is 5.11 Å². The lowest BCUT2D eigenvalue weighted by Gasteiger charge is -2.07. The van der Waals surface area contributed by atoms with Crippen LogP contribution in [0, 0.1) is 0 Å². The zero-order chi connectivity index (χ0) is 11.7. The first-order valence-electron chi connectivity index (χ1n) is 5.46. The van der Waals surface area contributed by atoms with E-state index in [1.54, 1.807) is 22.0 Å². The van der Waals surface area contributed by atoms with E-state index in [0.717, 1.165) is 16.6 Å². The molecule has 3 heterocycles. The highest BCUT2D eigenvalue weighted by molar-refractivity contribution is 7.07. The molecule has 0 aliphatic carbocycles. The number of hydrogen-bond acceptors (Lipinski definition) is 3. The van der Waals surface area contributed by atoms with Gasteiger partial charge in [0.05, 0.1) is 17.8 Å². The van der Waals surface area contributed by atoms with E-state index in [9.17, 15) is 5.11 Å². The number of nitrogens with zero attached hydrogens (tertiary/aromatic N) is 2. The second-order valence-corrected chi connectivity index (χ2v) is 4.76. The minimum Gasteiger partial charge on any atom is -0.388 e. The quantitative estimate of drug-likeness (QED) is 0.769. The molecule has 0 fully saturated rings. The van der Waals surface area contributed by atoms with Crippen LogP contribution in [-0.2, 0) is 6.42 Å². The molecule has 4 heteroatoms. The SMILES string of the molecule is OC(Cc1ccsc1)c1cnn2ccccc12. The van der Waals surface area contributed by atoms with Gasteiger partial charge in [0.15, 0.2) is 0 Å². The number of rotatable bonds is 3. The van der Waals surface area contributed by atoms with Crippen LogP contribution in [0.5, 0.6) is 0 Å². The summed E-state index contributed by atoms with van der Waals surface area (Å²) in [4.78, 5) is 0.